The topological polar surface area (TPSA) is 21.1 Å². The normalized spacial score (nSPS) is 10.8. The first kappa shape index (κ1) is 13.0. The van der Waals surface area contributed by atoms with Crippen LogP contribution in [0.15, 0.2) is 24.4 Å². The molecule has 96 valence electrons. The van der Waals surface area contributed by atoms with Gasteiger partial charge in [-0.05, 0) is 36.6 Å². The minimum atomic E-state index is 0.875. The van der Waals surface area contributed by atoms with Crippen LogP contribution in [0, 0.1) is 4.64 Å². The van der Waals surface area contributed by atoms with Gasteiger partial charge < -0.3 is 5.01 Å². The average molecular weight is 261 g/mol. The third-order valence-corrected chi connectivity index (χ3v) is 3.52. The Hall–Kier alpha value is -1.42. The molecule has 0 aliphatic heterocycles. The summed E-state index contributed by atoms with van der Waals surface area (Å²) in [7, 11) is 2.06. The van der Waals surface area contributed by atoms with E-state index in [1.165, 1.54) is 5.56 Å². The van der Waals surface area contributed by atoms with Crippen molar-refractivity contribution in [2.75, 3.05) is 18.6 Å². The zero-order valence-corrected chi connectivity index (χ0v) is 12.0. The molecule has 0 aliphatic rings. The molecule has 18 heavy (non-hydrogen) atoms. The largest absolute Gasteiger partial charge is 0.313 e. The van der Waals surface area contributed by atoms with Gasteiger partial charge in [-0.25, -0.2) is 9.66 Å². The Morgan fingerprint density at radius 2 is 2.17 bits per heavy atom. The maximum absolute atomic E-state index is 5.59. The molecule has 4 heteroatoms. The molecule has 0 saturated heterocycles. The summed E-state index contributed by atoms with van der Waals surface area (Å²) in [6.45, 7) is 5.27. The average Bonchev–Trinajstić information content (AvgIpc) is 2.38. The Labute approximate surface area is 113 Å². The van der Waals surface area contributed by atoms with Gasteiger partial charge in [-0.15, -0.1) is 0 Å². The number of hydrogen-bond donors (Lipinski definition) is 0. The quantitative estimate of drug-likeness (QED) is 0.788. The van der Waals surface area contributed by atoms with Crippen molar-refractivity contribution in [3.63, 3.8) is 0 Å². The van der Waals surface area contributed by atoms with Crippen molar-refractivity contribution in [3.8, 4) is 0 Å². The van der Waals surface area contributed by atoms with Gasteiger partial charge in [0.15, 0.2) is 5.65 Å². The summed E-state index contributed by atoms with van der Waals surface area (Å²) >= 11 is 5.59. The molecular formula is C14H19N3S. The first-order valence-corrected chi connectivity index (χ1v) is 6.81. The first-order chi connectivity index (χ1) is 8.69. The summed E-state index contributed by atoms with van der Waals surface area (Å²) in [5, 5.41) is 3.29. The minimum Gasteiger partial charge on any atom is -0.313 e. The molecule has 0 bridgehead atoms. The lowest BCUT2D eigenvalue weighted by Gasteiger charge is -2.24. The maximum Gasteiger partial charge on any atom is 0.159 e. The summed E-state index contributed by atoms with van der Waals surface area (Å²) in [6.07, 6.45) is 3.85. The Morgan fingerprint density at radius 1 is 1.39 bits per heavy atom. The molecule has 2 rings (SSSR count). The van der Waals surface area contributed by atoms with Gasteiger partial charge in [0.2, 0.25) is 0 Å². The van der Waals surface area contributed by atoms with Crippen molar-refractivity contribution in [3.05, 3.63) is 34.6 Å². The van der Waals surface area contributed by atoms with Crippen LogP contribution in [0.1, 0.15) is 25.8 Å². The van der Waals surface area contributed by atoms with Crippen molar-refractivity contribution < 1.29 is 0 Å². The number of nitrogens with zero attached hydrogens (tertiary/aromatic N) is 3. The highest BCUT2D eigenvalue weighted by molar-refractivity contribution is 7.71. The molecule has 0 atom stereocenters. The number of aryl methyl sites for hydroxylation is 1. The zero-order chi connectivity index (χ0) is 13.1. The van der Waals surface area contributed by atoms with Crippen molar-refractivity contribution in [2.24, 2.45) is 0 Å². The van der Waals surface area contributed by atoms with Crippen LogP contribution in [0.4, 0.5) is 0 Å². The summed E-state index contributed by atoms with van der Waals surface area (Å²) in [4.78, 5) is 4.48. The highest BCUT2D eigenvalue weighted by Gasteiger charge is 2.09. The Bertz CT molecular complexity index is 604. The Morgan fingerprint density at radius 3 is 2.83 bits per heavy atom. The van der Waals surface area contributed by atoms with Crippen LogP contribution < -0.4 is 5.01 Å². The summed E-state index contributed by atoms with van der Waals surface area (Å²) < 4.78 is 2.94. The molecule has 0 fully saturated rings. The molecule has 2 aromatic heterocycles. The monoisotopic (exact) mass is 261 g/mol. The number of pyridine rings is 2. The van der Waals surface area contributed by atoms with Crippen LogP contribution in [0.3, 0.4) is 0 Å². The summed E-state index contributed by atoms with van der Waals surface area (Å²) in [5.74, 6) is 0. The fraction of sp³-hybridized carbons (Fsp3) is 0.429. The number of hydrogen-bond acceptors (Lipinski definition) is 3. The summed E-state index contributed by atoms with van der Waals surface area (Å²) in [6, 6.07) is 6.21. The van der Waals surface area contributed by atoms with Crippen LogP contribution in [0.2, 0.25) is 0 Å². The van der Waals surface area contributed by atoms with E-state index in [1.807, 2.05) is 12.3 Å². The lowest BCUT2D eigenvalue weighted by molar-refractivity contribution is 0.639. The van der Waals surface area contributed by atoms with E-state index in [4.69, 9.17) is 12.2 Å². The van der Waals surface area contributed by atoms with Gasteiger partial charge in [0, 0.05) is 25.2 Å². The molecule has 0 unspecified atom stereocenters. The first-order valence-electron chi connectivity index (χ1n) is 6.40. The fourth-order valence-electron chi connectivity index (χ4n) is 2.17. The van der Waals surface area contributed by atoms with E-state index in [2.05, 4.69) is 47.7 Å². The van der Waals surface area contributed by atoms with Gasteiger partial charge >= 0.3 is 0 Å². The van der Waals surface area contributed by atoms with Crippen LogP contribution in [0.5, 0.6) is 0 Å². The SMILES string of the molecule is CCCN(C)n1c(=S)c(CC)cc2cccnc21. The minimum absolute atomic E-state index is 0.875. The molecule has 0 radical (unpaired) electrons. The van der Waals surface area contributed by atoms with Crippen LogP contribution in [0.25, 0.3) is 11.0 Å². The van der Waals surface area contributed by atoms with E-state index in [9.17, 15) is 0 Å². The van der Waals surface area contributed by atoms with E-state index in [0.29, 0.717) is 0 Å². The van der Waals surface area contributed by atoms with Gasteiger partial charge in [-0.2, -0.15) is 0 Å². The molecule has 0 saturated carbocycles. The standard InChI is InChI=1S/C14H19N3S/c1-4-9-16(3)17-13-12(7-6-8-15-13)10-11(5-2)14(17)18/h6-8,10H,4-5,9H2,1-3H3. The van der Waals surface area contributed by atoms with Gasteiger partial charge in [0.05, 0.1) is 0 Å². The molecule has 2 aromatic rings. The Kier molecular flexibility index (Phi) is 3.97. The second-order valence-electron chi connectivity index (χ2n) is 4.44. The predicted octanol–water partition coefficient (Wildman–Crippen LogP) is 3.31. The van der Waals surface area contributed by atoms with Gasteiger partial charge in [-0.1, -0.05) is 26.1 Å². The molecule has 0 aliphatic carbocycles. The molecular weight excluding hydrogens is 242 g/mol. The van der Waals surface area contributed by atoms with E-state index in [0.717, 1.165) is 35.1 Å². The third kappa shape index (κ3) is 2.25. The van der Waals surface area contributed by atoms with Crippen molar-refractivity contribution in [2.45, 2.75) is 26.7 Å². The number of fused-ring (bicyclic) bond motifs is 1. The summed E-state index contributed by atoms with van der Waals surface area (Å²) in [5.41, 5.74) is 2.14. The second-order valence-corrected chi connectivity index (χ2v) is 4.82. The maximum atomic E-state index is 5.59. The van der Waals surface area contributed by atoms with Crippen molar-refractivity contribution in [1.82, 2.24) is 9.66 Å². The number of rotatable bonds is 4. The fourth-order valence-corrected chi connectivity index (χ4v) is 2.60. The van der Waals surface area contributed by atoms with Crippen molar-refractivity contribution >= 4 is 23.3 Å². The molecule has 0 amide bonds. The lowest BCUT2D eigenvalue weighted by Crippen LogP contribution is -2.32. The van der Waals surface area contributed by atoms with Gasteiger partial charge in [0.25, 0.3) is 0 Å². The van der Waals surface area contributed by atoms with E-state index in [-0.39, 0.29) is 0 Å². The highest BCUT2D eigenvalue weighted by atomic mass is 32.1. The lowest BCUT2D eigenvalue weighted by atomic mass is 10.2. The molecule has 0 N–H and O–H groups in total. The van der Waals surface area contributed by atoms with E-state index >= 15 is 0 Å². The number of aromatic nitrogens is 2. The Balaban J connectivity index is 2.74. The molecule has 2 heterocycles. The van der Waals surface area contributed by atoms with E-state index < -0.39 is 0 Å². The zero-order valence-electron chi connectivity index (χ0n) is 11.2. The van der Waals surface area contributed by atoms with Crippen LogP contribution in [-0.4, -0.2) is 23.3 Å². The van der Waals surface area contributed by atoms with Gasteiger partial charge in [-0.3, -0.25) is 0 Å². The van der Waals surface area contributed by atoms with Crippen LogP contribution in [-0.2, 0) is 6.42 Å². The van der Waals surface area contributed by atoms with Gasteiger partial charge in [0.1, 0.15) is 4.64 Å². The molecule has 3 nitrogen and oxygen atoms in total. The smallest absolute Gasteiger partial charge is 0.159 e. The van der Waals surface area contributed by atoms with Crippen LogP contribution >= 0.6 is 12.2 Å². The molecule has 0 spiro atoms. The second kappa shape index (κ2) is 5.48. The van der Waals surface area contributed by atoms with Crippen molar-refractivity contribution in [1.29, 1.82) is 0 Å². The predicted molar refractivity (Wildman–Crippen MR) is 79.2 cm³/mol. The van der Waals surface area contributed by atoms with E-state index in [1.54, 1.807) is 0 Å². The molecule has 0 aromatic carbocycles. The highest BCUT2D eigenvalue weighted by Crippen LogP contribution is 2.17. The third-order valence-electron chi connectivity index (χ3n) is 3.08.